The van der Waals surface area contributed by atoms with Crippen molar-refractivity contribution in [1.29, 1.82) is 0 Å². The van der Waals surface area contributed by atoms with Crippen molar-refractivity contribution >= 4 is 5.95 Å². The number of hydrogen-bond donors (Lipinski definition) is 1. The lowest BCUT2D eigenvalue weighted by molar-refractivity contribution is 0.147. The lowest BCUT2D eigenvalue weighted by Gasteiger charge is -2.10. The fourth-order valence-corrected chi connectivity index (χ4v) is 2.12. The second-order valence-electron chi connectivity index (χ2n) is 5.12. The Morgan fingerprint density at radius 2 is 2.10 bits per heavy atom. The third-order valence-corrected chi connectivity index (χ3v) is 3.18. The van der Waals surface area contributed by atoms with Crippen molar-refractivity contribution in [3.8, 4) is 0 Å². The van der Waals surface area contributed by atoms with Crippen LogP contribution >= 0.6 is 0 Å². The second kappa shape index (κ2) is 7.78. The number of ether oxygens (including phenoxy) is 1. The van der Waals surface area contributed by atoms with Crippen molar-refractivity contribution in [2.24, 2.45) is 0 Å². The molecule has 0 aliphatic rings. The van der Waals surface area contributed by atoms with Gasteiger partial charge in [0.15, 0.2) is 0 Å². The molecule has 0 unspecified atom stereocenters. The van der Waals surface area contributed by atoms with Crippen LogP contribution in [0.15, 0.2) is 24.5 Å². The molecule has 0 saturated carbocycles. The number of nitrogens with zero attached hydrogens (tertiary/aromatic N) is 3. The molecule has 0 aromatic carbocycles. The summed E-state index contributed by atoms with van der Waals surface area (Å²) in [6.45, 7) is 9.22. The molecule has 2 aromatic rings. The van der Waals surface area contributed by atoms with Crippen LogP contribution in [0.4, 0.5) is 5.95 Å². The van der Waals surface area contributed by atoms with E-state index in [0.29, 0.717) is 0 Å². The summed E-state index contributed by atoms with van der Waals surface area (Å²) in [5, 5.41) is 3.38. The lowest BCUT2D eigenvalue weighted by atomic mass is 10.2. The maximum absolute atomic E-state index is 5.34. The first-order valence-corrected chi connectivity index (χ1v) is 7.46. The van der Waals surface area contributed by atoms with Gasteiger partial charge in [0.25, 0.3) is 0 Å². The summed E-state index contributed by atoms with van der Waals surface area (Å²) in [5.41, 5.74) is 3.23. The van der Waals surface area contributed by atoms with E-state index in [4.69, 9.17) is 4.74 Å². The number of rotatable bonds is 8. The van der Waals surface area contributed by atoms with Crippen molar-refractivity contribution in [2.45, 2.75) is 33.7 Å². The summed E-state index contributed by atoms with van der Waals surface area (Å²) < 4.78 is 7.47. The molecule has 114 valence electrons. The molecule has 0 spiro atoms. The Balaban J connectivity index is 1.94. The zero-order valence-electron chi connectivity index (χ0n) is 13.1. The summed E-state index contributed by atoms with van der Waals surface area (Å²) in [4.78, 5) is 8.87. The predicted molar refractivity (Wildman–Crippen MR) is 84.6 cm³/mol. The van der Waals surface area contributed by atoms with Crippen molar-refractivity contribution in [3.63, 3.8) is 0 Å². The van der Waals surface area contributed by atoms with Crippen molar-refractivity contribution in [3.05, 3.63) is 41.5 Å². The normalized spacial score (nSPS) is 10.8. The van der Waals surface area contributed by atoms with Gasteiger partial charge >= 0.3 is 0 Å². The molecule has 5 nitrogen and oxygen atoms in total. The highest BCUT2D eigenvalue weighted by molar-refractivity contribution is 5.30. The van der Waals surface area contributed by atoms with E-state index in [1.54, 1.807) is 0 Å². The Kier molecular flexibility index (Phi) is 5.75. The van der Waals surface area contributed by atoms with Crippen LogP contribution in [0, 0.1) is 13.8 Å². The minimum atomic E-state index is 0.772. The van der Waals surface area contributed by atoms with E-state index in [-0.39, 0.29) is 0 Å². The maximum Gasteiger partial charge on any atom is 0.203 e. The van der Waals surface area contributed by atoms with Crippen LogP contribution in [-0.4, -0.2) is 34.3 Å². The maximum atomic E-state index is 5.34. The Bertz CT molecular complexity index is 548. The molecule has 21 heavy (non-hydrogen) atoms. The smallest absolute Gasteiger partial charge is 0.203 e. The van der Waals surface area contributed by atoms with E-state index in [9.17, 15) is 0 Å². The minimum Gasteiger partial charge on any atom is -0.382 e. The Hall–Kier alpha value is -1.88. The molecular weight excluding hydrogens is 264 g/mol. The van der Waals surface area contributed by atoms with Gasteiger partial charge in [0.1, 0.15) is 0 Å². The van der Waals surface area contributed by atoms with Gasteiger partial charge in [-0.3, -0.25) is 4.98 Å². The molecule has 2 rings (SSSR count). The van der Waals surface area contributed by atoms with Crippen LogP contribution in [0.1, 0.15) is 30.3 Å². The molecule has 0 fully saturated rings. The van der Waals surface area contributed by atoms with Crippen LogP contribution in [0.3, 0.4) is 0 Å². The number of nitrogens with one attached hydrogen (secondary N) is 1. The third-order valence-electron chi connectivity index (χ3n) is 3.18. The van der Waals surface area contributed by atoms with E-state index in [1.807, 2.05) is 33.0 Å². The molecule has 0 aliphatic carbocycles. The van der Waals surface area contributed by atoms with E-state index >= 15 is 0 Å². The van der Waals surface area contributed by atoms with E-state index < -0.39 is 0 Å². The average molecular weight is 288 g/mol. The number of hydrogen-bond acceptors (Lipinski definition) is 4. The first-order chi connectivity index (χ1) is 10.2. The zero-order valence-corrected chi connectivity index (χ0v) is 13.1. The first-order valence-electron chi connectivity index (χ1n) is 7.46. The first kappa shape index (κ1) is 15.5. The fourth-order valence-electron chi connectivity index (χ4n) is 2.12. The molecule has 0 atom stereocenters. The molecule has 5 heteroatoms. The lowest BCUT2D eigenvalue weighted by Crippen LogP contribution is -2.11. The topological polar surface area (TPSA) is 52.0 Å². The Morgan fingerprint density at radius 1 is 1.24 bits per heavy atom. The molecule has 0 radical (unpaired) electrons. The van der Waals surface area contributed by atoms with Gasteiger partial charge in [-0.15, -0.1) is 0 Å². The summed E-state index contributed by atoms with van der Waals surface area (Å²) in [6, 6.07) is 4.14. The average Bonchev–Trinajstić information content (AvgIpc) is 2.81. The molecule has 0 bridgehead atoms. The van der Waals surface area contributed by atoms with Crippen molar-refractivity contribution < 1.29 is 4.74 Å². The van der Waals surface area contributed by atoms with Crippen LogP contribution in [0.2, 0.25) is 0 Å². The van der Waals surface area contributed by atoms with Gasteiger partial charge in [0.05, 0.1) is 12.2 Å². The minimum absolute atomic E-state index is 0.772. The third kappa shape index (κ3) is 4.86. The molecule has 2 aromatic heterocycles. The van der Waals surface area contributed by atoms with Gasteiger partial charge in [-0.05, 0) is 38.8 Å². The van der Waals surface area contributed by atoms with Gasteiger partial charge in [-0.1, -0.05) is 6.07 Å². The molecule has 1 N–H and O–H groups in total. The van der Waals surface area contributed by atoms with Gasteiger partial charge in [0, 0.05) is 37.8 Å². The second-order valence-corrected chi connectivity index (χ2v) is 5.12. The number of anilines is 1. The highest BCUT2D eigenvalue weighted by Gasteiger charge is 2.06. The monoisotopic (exact) mass is 288 g/mol. The summed E-state index contributed by atoms with van der Waals surface area (Å²) in [5.74, 6) is 0.907. The highest BCUT2D eigenvalue weighted by atomic mass is 16.5. The highest BCUT2D eigenvalue weighted by Crippen LogP contribution is 2.12. The largest absolute Gasteiger partial charge is 0.382 e. The Labute approximate surface area is 126 Å². The van der Waals surface area contributed by atoms with E-state index in [0.717, 1.165) is 50.1 Å². The summed E-state index contributed by atoms with van der Waals surface area (Å²) in [6.07, 6.45) is 4.96. The zero-order chi connectivity index (χ0) is 15.1. The van der Waals surface area contributed by atoms with Crippen LogP contribution in [0.25, 0.3) is 0 Å². The van der Waals surface area contributed by atoms with Crippen molar-refractivity contribution in [1.82, 2.24) is 14.5 Å². The van der Waals surface area contributed by atoms with Gasteiger partial charge in [0.2, 0.25) is 5.95 Å². The van der Waals surface area contributed by atoms with Crippen LogP contribution < -0.4 is 5.32 Å². The molecule has 0 amide bonds. The van der Waals surface area contributed by atoms with Gasteiger partial charge < -0.3 is 14.6 Å². The summed E-state index contributed by atoms with van der Waals surface area (Å²) in [7, 11) is 0. The summed E-state index contributed by atoms with van der Waals surface area (Å²) >= 11 is 0. The van der Waals surface area contributed by atoms with Crippen LogP contribution in [0.5, 0.6) is 0 Å². The number of aromatic nitrogens is 3. The van der Waals surface area contributed by atoms with E-state index in [1.165, 1.54) is 5.56 Å². The van der Waals surface area contributed by atoms with Gasteiger partial charge in [-0.25, -0.2) is 4.98 Å². The van der Waals surface area contributed by atoms with Crippen molar-refractivity contribution in [2.75, 3.05) is 25.1 Å². The standard InChI is InChI=1S/C16H24N4O/c1-4-21-9-5-8-17-16-19-14(3)11-20(16)12-15-7-6-13(2)18-10-15/h6-7,10-11H,4-5,8-9,12H2,1-3H3,(H,17,19). The predicted octanol–water partition coefficient (Wildman–Crippen LogP) is 2.78. The van der Waals surface area contributed by atoms with Gasteiger partial charge in [-0.2, -0.15) is 0 Å². The van der Waals surface area contributed by atoms with E-state index in [2.05, 4.69) is 32.1 Å². The number of aryl methyl sites for hydroxylation is 2. The SMILES string of the molecule is CCOCCCNc1nc(C)cn1Cc1ccc(C)nc1. The number of pyridine rings is 1. The molecule has 0 aliphatic heterocycles. The van der Waals surface area contributed by atoms with Crippen LogP contribution in [-0.2, 0) is 11.3 Å². The molecule has 0 saturated heterocycles. The molecular formula is C16H24N4O. The quantitative estimate of drug-likeness (QED) is 0.759. The number of imidazole rings is 1. The Morgan fingerprint density at radius 3 is 2.81 bits per heavy atom. The fraction of sp³-hybridized carbons (Fsp3) is 0.500. The molecule has 2 heterocycles.